The highest BCUT2D eigenvalue weighted by atomic mass is 16.5. The zero-order valence-corrected chi connectivity index (χ0v) is 8.58. The average molecular weight is 189 g/mol. The molecular formula is C12H15NO. The van der Waals surface area contributed by atoms with Crippen LogP contribution in [0.4, 0.5) is 5.69 Å². The van der Waals surface area contributed by atoms with Crippen molar-refractivity contribution in [2.24, 2.45) is 0 Å². The van der Waals surface area contributed by atoms with E-state index in [0.717, 1.165) is 11.3 Å². The van der Waals surface area contributed by atoms with E-state index in [1.165, 1.54) is 0 Å². The van der Waals surface area contributed by atoms with Crippen molar-refractivity contribution in [2.75, 3.05) is 19.0 Å². The van der Waals surface area contributed by atoms with Gasteiger partial charge in [-0.25, -0.2) is 0 Å². The van der Waals surface area contributed by atoms with Gasteiger partial charge in [-0.05, 0) is 25.1 Å². The number of hydrogen-bond acceptors (Lipinski definition) is 2. The average Bonchev–Trinajstić information content (AvgIpc) is 2.18. The monoisotopic (exact) mass is 189 g/mol. The van der Waals surface area contributed by atoms with Crippen molar-refractivity contribution in [1.82, 2.24) is 0 Å². The predicted octanol–water partition coefficient (Wildman–Crippen LogP) is 2.11. The highest BCUT2D eigenvalue weighted by molar-refractivity contribution is 5.50. The molecule has 1 unspecified atom stereocenters. The molecule has 0 radical (unpaired) electrons. The number of nitrogens with one attached hydrogen (secondary N) is 1. The van der Waals surface area contributed by atoms with Gasteiger partial charge in [0.25, 0.3) is 0 Å². The van der Waals surface area contributed by atoms with Gasteiger partial charge < -0.3 is 10.1 Å². The molecule has 0 aromatic heterocycles. The van der Waals surface area contributed by atoms with Gasteiger partial charge in [0.1, 0.15) is 0 Å². The summed E-state index contributed by atoms with van der Waals surface area (Å²) in [6, 6.07) is 8.08. The van der Waals surface area contributed by atoms with Crippen molar-refractivity contribution in [3.05, 3.63) is 29.8 Å². The molecule has 0 heterocycles. The van der Waals surface area contributed by atoms with Crippen LogP contribution in [0.2, 0.25) is 0 Å². The van der Waals surface area contributed by atoms with Gasteiger partial charge in [-0.1, -0.05) is 12.0 Å². The van der Waals surface area contributed by atoms with Crippen LogP contribution in [0.25, 0.3) is 0 Å². The van der Waals surface area contributed by atoms with E-state index in [1.807, 2.05) is 24.3 Å². The Morgan fingerprint density at radius 2 is 2.36 bits per heavy atom. The number of benzene rings is 1. The normalized spacial score (nSPS) is 11.8. The topological polar surface area (TPSA) is 21.3 Å². The summed E-state index contributed by atoms with van der Waals surface area (Å²) in [5, 5.41) is 3.30. The molecule has 1 rings (SSSR count). The maximum Gasteiger partial charge on any atom is 0.0661 e. The lowest BCUT2D eigenvalue weighted by Gasteiger charge is -2.14. The summed E-state index contributed by atoms with van der Waals surface area (Å²) >= 11 is 0. The fourth-order valence-corrected chi connectivity index (χ4v) is 1.27. The van der Waals surface area contributed by atoms with Gasteiger partial charge in [0, 0.05) is 24.4 Å². The second-order valence-corrected chi connectivity index (χ2v) is 3.23. The largest absolute Gasteiger partial charge is 0.383 e. The van der Waals surface area contributed by atoms with E-state index in [9.17, 15) is 0 Å². The van der Waals surface area contributed by atoms with Crippen molar-refractivity contribution in [1.29, 1.82) is 0 Å². The summed E-state index contributed by atoms with van der Waals surface area (Å²) in [6.45, 7) is 2.74. The lowest BCUT2D eigenvalue weighted by molar-refractivity contribution is 0.190. The Hall–Kier alpha value is -1.46. The smallest absolute Gasteiger partial charge is 0.0661 e. The molecule has 1 aromatic carbocycles. The van der Waals surface area contributed by atoms with Crippen molar-refractivity contribution in [3.8, 4) is 12.3 Å². The molecule has 0 aliphatic carbocycles. The van der Waals surface area contributed by atoms with E-state index in [-0.39, 0.29) is 6.04 Å². The molecule has 0 spiro atoms. The number of rotatable bonds is 4. The van der Waals surface area contributed by atoms with Crippen molar-refractivity contribution >= 4 is 5.69 Å². The summed E-state index contributed by atoms with van der Waals surface area (Å²) in [6.07, 6.45) is 5.31. The van der Waals surface area contributed by atoms with Gasteiger partial charge >= 0.3 is 0 Å². The van der Waals surface area contributed by atoms with Crippen LogP contribution < -0.4 is 5.32 Å². The fraction of sp³-hybridized carbons (Fsp3) is 0.333. The van der Waals surface area contributed by atoms with Gasteiger partial charge in [-0.3, -0.25) is 0 Å². The first-order valence-corrected chi connectivity index (χ1v) is 4.58. The molecule has 0 bridgehead atoms. The standard InChI is InChI=1S/C12H15NO/c1-4-11-6-5-7-12(8-11)13-10(2)9-14-3/h1,5-8,10,13H,9H2,2-3H3. The van der Waals surface area contributed by atoms with E-state index < -0.39 is 0 Å². The molecule has 2 nitrogen and oxygen atoms in total. The van der Waals surface area contributed by atoms with Gasteiger partial charge in [0.2, 0.25) is 0 Å². The quantitative estimate of drug-likeness (QED) is 0.732. The molecule has 1 N–H and O–H groups in total. The van der Waals surface area contributed by atoms with Crippen LogP contribution in [-0.2, 0) is 4.74 Å². The third-order valence-electron chi connectivity index (χ3n) is 1.86. The maximum atomic E-state index is 5.31. The van der Waals surface area contributed by atoms with Gasteiger partial charge in [0.05, 0.1) is 6.61 Å². The zero-order chi connectivity index (χ0) is 10.4. The number of anilines is 1. The third kappa shape index (κ3) is 3.12. The summed E-state index contributed by atoms with van der Waals surface area (Å²) < 4.78 is 5.03. The van der Waals surface area contributed by atoms with Crippen LogP contribution in [0.15, 0.2) is 24.3 Å². The van der Waals surface area contributed by atoms with E-state index >= 15 is 0 Å². The first-order chi connectivity index (χ1) is 6.76. The Balaban J connectivity index is 2.63. The van der Waals surface area contributed by atoms with Crippen LogP contribution in [-0.4, -0.2) is 19.8 Å². The SMILES string of the molecule is C#Cc1cccc(NC(C)COC)c1. The first-order valence-electron chi connectivity index (χ1n) is 4.58. The second kappa shape index (κ2) is 5.31. The Labute approximate surface area is 85.3 Å². The molecule has 0 aliphatic rings. The van der Waals surface area contributed by atoms with Crippen LogP contribution in [0.5, 0.6) is 0 Å². The van der Waals surface area contributed by atoms with Crippen LogP contribution in [0.3, 0.4) is 0 Å². The van der Waals surface area contributed by atoms with Crippen molar-refractivity contribution in [2.45, 2.75) is 13.0 Å². The molecule has 0 aliphatic heterocycles. The minimum atomic E-state index is 0.285. The highest BCUT2D eigenvalue weighted by Gasteiger charge is 2.00. The first kappa shape index (κ1) is 10.6. The van der Waals surface area contributed by atoms with E-state index in [2.05, 4.69) is 18.2 Å². The second-order valence-electron chi connectivity index (χ2n) is 3.23. The van der Waals surface area contributed by atoms with E-state index in [4.69, 9.17) is 11.2 Å². The Morgan fingerprint density at radius 1 is 1.57 bits per heavy atom. The van der Waals surface area contributed by atoms with Gasteiger partial charge in [-0.15, -0.1) is 6.42 Å². The highest BCUT2D eigenvalue weighted by Crippen LogP contribution is 2.10. The molecule has 0 saturated carbocycles. The number of methoxy groups -OCH3 is 1. The fourth-order valence-electron chi connectivity index (χ4n) is 1.27. The minimum Gasteiger partial charge on any atom is -0.383 e. The summed E-state index contributed by atoms with van der Waals surface area (Å²) in [7, 11) is 1.69. The van der Waals surface area contributed by atoms with Crippen LogP contribution in [0, 0.1) is 12.3 Å². The van der Waals surface area contributed by atoms with Gasteiger partial charge in [-0.2, -0.15) is 0 Å². The predicted molar refractivity (Wildman–Crippen MR) is 59.3 cm³/mol. The molecular weight excluding hydrogens is 174 g/mol. The lowest BCUT2D eigenvalue weighted by Crippen LogP contribution is -2.20. The Morgan fingerprint density at radius 3 is 3.00 bits per heavy atom. The van der Waals surface area contributed by atoms with Crippen LogP contribution in [0.1, 0.15) is 12.5 Å². The molecule has 0 fully saturated rings. The van der Waals surface area contributed by atoms with E-state index in [0.29, 0.717) is 6.61 Å². The maximum absolute atomic E-state index is 5.31. The molecule has 2 heteroatoms. The van der Waals surface area contributed by atoms with Crippen LogP contribution >= 0.6 is 0 Å². The summed E-state index contributed by atoms with van der Waals surface area (Å²) in [5.41, 5.74) is 1.92. The number of terminal acetylenes is 1. The Kier molecular flexibility index (Phi) is 4.03. The van der Waals surface area contributed by atoms with Gasteiger partial charge in [0.15, 0.2) is 0 Å². The molecule has 14 heavy (non-hydrogen) atoms. The third-order valence-corrected chi connectivity index (χ3v) is 1.86. The molecule has 0 amide bonds. The number of ether oxygens (including phenoxy) is 1. The minimum absolute atomic E-state index is 0.285. The van der Waals surface area contributed by atoms with Crippen molar-refractivity contribution in [3.63, 3.8) is 0 Å². The van der Waals surface area contributed by atoms with E-state index in [1.54, 1.807) is 7.11 Å². The molecule has 74 valence electrons. The Bertz CT molecular complexity index is 327. The summed E-state index contributed by atoms with van der Waals surface area (Å²) in [5.74, 6) is 2.60. The zero-order valence-electron chi connectivity index (χ0n) is 8.58. The lowest BCUT2D eigenvalue weighted by atomic mass is 10.2. The number of hydrogen-bond donors (Lipinski definition) is 1. The molecule has 0 saturated heterocycles. The molecule has 1 aromatic rings. The summed E-state index contributed by atoms with van der Waals surface area (Å²) in [4.78, 5) is 0. The van der Waals surface area contributed by atoms with Crippen molar-refractivity contribution < 1.29 is 4.74 Å². The molecule has 1 atom stereocenters.